The molecular weight excluding hydrogens is 295 g/mol. The van der Waals surface area contributed by atoms with Crippen molar-refractivity contribution < 1.29 is 14.3 Å². The summed E-state index contributed by atoms with van der Waals surface area (Å²) in [4.78, 5) is 10.8. The fourth-order valence-electron chi connectivity index (χ4n) is 3.98. The third-order valence-electron chi connectivity index (χ3n) is 4.87. The van der Waals surface area contributed by atoms with Crippen LogP contribution >= 0.6 is 12.4 Å². The van der Waals surface area contributed by atoms with E-state index in [9.17, 15) is 9.18 Å². The number of fused-ring (bicyclic) bond motifs is 1. The van der Waals surface area contributed by atoms with Crippen molar-refractivity contribution >= 4 is 18.5 Å². The van der Waals surface area contributed by atoms with E-state index in [4.69, 9.17) is 5.11 Å². The van der Waals surface area contributed by atoms with Gasteiger partial charge in [0.25, 0.3) is 0 Å². The van der Waals surface area contributed by atoms with E-state index in [2.05, 4.69) is 10.6 Å². The summed E-state index contributed by atoms with van der Waals surface area (Å²) in [5.74, 6) is 0.503. The molecule has 4 nitrogen and oxygen atoms in total. The molecule has 1 aromatic rings. The highest BCUT2D eigenvalue weighted by Crippen LogP contribution is 2.63. The van der Waals surface area contributed by atoms with Crippen molar-refractivity contribution in [3.8, 4) is 0 Å². The van der Waals surface area contributed by atoms with Gasteiger partial charge in [-0.1, -0.05) is 18.2 Å². The van der Waals surface area contributed by atoms with Gasteiger partial charge in [0, 0.05) is 12.0 Å². The number of nitrogens with one attached hydrogen (secondary N) is 2. The minimum absolute atomic E-state index is 0. The van der Waals surface area contributed by atoms with E-state index in [1.807, 2.05) is 6.07 Å². The van der Waals surface area contributed by atoms with Crippen LogP contribution in [0.25, 0.3) is 0 Å². The third-order valence-corrected chi connectivity index (χ3v) is 4.87. The molecule has 1 amide bonds. The summed E-state index contributed by atoms with van der Waals surface area (Å²) in [7, 11) is 0. The molecule has 1 aliphatic carbocycles. The normalized spacial score (nSPS) is 30.5. The Balaban J connectivity index is 0.00000161. The molecule has 1 saturated heterocycles. The summed E-state index contributed by atoms with van der Waals surface area (Å²) in [6.45, 7) is 2.15. The Morgan fingerprint density at radius 3 is 2.52 bits per heavy atom. The van der Waals surface area contributed by atoms with E-state index in [1.165, 1.54) is 6.07 Å². The maximum absolute atomic E-state index is 14.2. The number of hydrogen-bond donors (Lipinski definition) is 3. The van der Waals surface area contributed by atoms with Crippen molar-refractivity contribution in [1.82, 2.24) is 10.6 Å². The van der Waals surface area contributed by atoms with E-state index in [-0.39, 0.29) is 23.6 Å². The Bertz CT molecular complexity index is 514. The molecule has 1 aliphatic heterocycles. The molecule has 2 fully saturated rings. The van der Waals surface area contributed by atoms with Gasteiger partial charge in [0.2, 0.25) is 0 Å². The molecule has 1 unspecified atom stereocenters. The highest BCUT2D eigenvalue weighted by atomic mass is 35.5. The van der Waals surface area contributed by atoms with Crippen molar-refractivity contribution in [2.24, 2.45) is 11.8 Å². The second kappa shape index (κ2) is 6.20. The Labute approximate surface area is 129 Å². The maximum Gasteiger partial charge on any atom is 0.404 e. The number of carbonyl (C=O) groups is 1. The van der Waals surface area contributed by atoms with Crippen LogP contribution in [0.2, 0.25) is 0 Å². The van der Waals surface area contributed by atoms with Crippen LogP contribution in [0.15, 0.2) is 24.3 Å². The number of benzene rings is 1. The lowest BCUT2D eigenvalue weighted by Crippen LogP contribution is -2.35. The molecular formula is C15H20ClFN2O2. The van der Waals surface area contributed by atoms with Crippen LogP contribution < -0.4 is 10.6 Å². The number of hydrogen-bond acceptors (Lipinski definition) is 2. The van der Waals surface area contributed by atoms with Gasteiger partial charge in [0.1, 0.15) is 5.82 Å². The van der Waals surface area contributed by atoms with Crippen LogP contribution in [0.5, 0.6) is 0 Å². The first-order valence-corrected chi connectivity index (χ1v) is 7.09. The van der Waals surface area contributed by atoms with Crippen LogP contribution in [-0.2, 0) is 5.41 Å². The largest absolute Gasteiger partial charge is 0.465 e. The van der Waals surface area contributed by atoms with E-state index in [0.29, 0.717) is 23.9 Å². The second-order valence-electron chi connectivity index (χ2n) is 5.72. The molecule has 116 valence electrons. The Morgan fingerprint density at radius 1 is 1.33 bits per heavy atom. The Kier molecular flexibility index (Phi) is 4.74. The predicted molar refractivity (Wildman–Crippen MR) is 80.4 cm³/mol. The quantitative estimate of drug-likeness (QED) is 0.803. The van der Waals surface area contributed by atoms with Gasteiger partial charge in [-0.3, -0.25) is 0 Å². The monoisotopic (exact) mass is 314 g/mol. The average molecular weight is 315 g/mol. The fourth-order valence-corrected chi connectivity index (χ4v) is 3.98. The zero-order valence-electron chi connectivity index (χ0n) is 11.6. The summed E-state index contributed by atoms with van der Waals surface area (Å²) < 4.78 is 14.2. The van der Waals surface area contributed by atoms with Gasteiger partial charge in [-0.2, -0.15) is 0 Å². The van der Waals surface area contributed by atoms with Crippen LogP contribution in [0.4, 0.5) is 9.18 Å². The molecule has 0 radical (unpaired) electrons. The zero-order chi connectivity index (χ0) is 14.2. The molecule has 3 rings (SSSR count). The van der Waals surface area contributed by atoms with Crippen LogP contribution in [0.3, 0.4) is 0 Å². The predicted octanol–water partition coefficient (Wildman–Crippen LogP) is 2.38. The van der Waals surface area contributed by atoms with E-state index < -0.39 is 6.09 Å². The van der Waals surface area contributed by atoms with Crippen molar-refractivity contribution in [1.29, 1.82) is 0 Å². The number of carboxylic acid groups (broad SMARTS) is 1. The average Bonchev–Trinajstić information content (AvgIpc) is 3.09. The smallest absolute Gasteiger partial charge is 0.404 e. The fraction of sp³-hybridized carbons (Fsp3) is 0.533. The lowest BCUT2D eigenvalue weighted by Gasteiger charge is -2.21. The highest BCUT2D eigenvalue weighted by molar-refractivity contribution is 5.85. The van der Waals surface area contributed by atoms with Crippen molar-refractivity contribution in [3.63, 3.8) is 0 Å². The molecule has 6 heteroatoms. The molecule has 0 spiro atoms. The zero-order valence-corrected chi connectivity index (χ0v) is 12.5. The molecule has 3 N–H and O–H groups in total. The molecule has 0 aromatic heterocycles. The third kappa shape index (κ3) is 2.72. The van der Waals surface area contributed by atoms with Crippen LogP contribution in [0, 0.1) is 17.7 Å². The van der Waals surface area contributed by atoms with Crippen molar-refractivity contribution in [2.45, 2.75) is 18.3 Å². The van der Waals surface area contributed by atoms with Gasteiger partial charge in [0.05, 0.1) is 0 Å². The highest BCUT2D eigenvalue weighted by Gasteiger charge is 2.65. The lowest BCUT2D eigenvalue weighted by atomic mass is 9.89. The second-order valence-corrected chi connectivity index (χ2v) is 5.72. The maximum atomic E-state index is 14.2. The molecule has 0 bridgehead atoms. The Hall–Kier alpha value is -1.33. The number of rotatable bonds is 3. The van der Waals surface area contributed by atoms with Crippen molar-refractivity contribution in [2.75, 3.05) is 19.6 Å². The summed E-state index contributed by atoms with van der Waals surface area (Å²) in [6.07, 6.45) is 0.904. The summed E-state index contributed by atoms with van der Waals surface area (Å²) in [5.41, 5.74) is 0.317. The number of amides is 1. The molecule has 21 heavy (non-hydrogen) atoms. The molecule has 2 aliphatic rings. The minimum atomic E-state index is -1.04. The summed E-state index contributed by atoms with van der Waals surface area (Å²) in [5, 5.41) is 14.7. The van der Waals surface area contributed by atoms with Gasteiger partial charge >= 0.3 is 6.09 Å². The minimum Gasteiger partial charge on any atom is -0.465 e. The molecule has 1 aromatic carbocycles. The molecule has 1 heterocycles. The van der Waals surface area contributed by atoms with Gasteiger partial charge in [-0.25, -0.2) is 9.18 Å². The Morgan fingerprint density at radius 2 is 1.95 bits per heavy atom. The molecule has 3 atom stereocenters. The van der Waals surface area contributed by atoms with E-state index >= 15 is 0 Å². The lowest BCUT2D eigenvalue weighted by molar-refractivity contribution is 0.192. The summed E-state index contributed by atoms with van der Waals surface area (Å²) in [6, 6.07) is 6.78. The van der Waals surface area contributed by atoms with Gasteiger partial charge in [-0.15, -0.1) is 12.4 Å². The first kappa shape index (κ1) is 16.0. The van der Waals surface area contributed by atoms with Crippen LogP contribution in [-0.4, -0.2) is 30.8 Å². The first-order valence-electron chi connectivity index (χ1n) is 7.09. The topological polar surface area (TPSA) is 61.4 Å². The van der Waals surface area contributed by atoms with E-state index in [0.717, 1.165) is 25.9 Å². The van der Waals surface area contributed by atoms with Crippen LogP contribution in [0.1, 0.15) is 18.4 Å². The molecule has 1 saturated carbocycles. The van der Waals surface area contributed by atoms with Crippen molar-refractivity contribution in [3.05, 3.63) is 35.6 Å². The van der Waals surface area contributed by atoms with Gasteiger partial charge < -0.3 is 15.7 Å². The SMILES string of the molecule is Cl.O=C(O)NCC1(c2ccccc2F)[C@@H]2CCNCC[C@@H]21. The number of halogens is 2. The van der Waals surface area contributed by atoms with Gasteiger partial charge in [-0.05, 0) is 49.4 Å². The first-order chi connectivity index (χ1) is 9.66. The van der Waals surface area contributed by atoms with Gasteiger partial charge in [0.15, 0.2) is 0 Å². The van der Waals surface area contributed by atoms with E-state index in [1.54, 1.807) is 12.1 Å². The standard InChI is InChI=1S/C15H19FN2O2.ClH/c16-13-4-2-1-3-12(13)15(9-18-14(19)20)10-5-7-17-8-6-11(10)15;/h1-4,10-11,17-18H,5-9H2,(H,19,20);1H/t10-,11+,15?;. The summed E-state index contributed by atoms with van der Waals surface area (Å²) >= 11 is 0.